The molecule has 0 aliphatic rings. The average Bonchev–Trinajstić information content (AvgIpc) is 3.20. The van der Waals surface area contributed by atoms with Gasteiger partial charge in [-0.1, -0.05) is 36.4 Å². The number of halogens is 3. The molecule has 3 aromatic rings. The second-order valence-corrected chi connectivity index (χ2v) is 5.95. The first-order chi connectivity index (χ1) is 13.4. The van der Waals surface area contributed by atoms with E-state index >= 15 is 0 Å². The molecule has 2 unspecified atom stereocenters. The molecular weight excluding hydrogens is 396 g/mol. The van der Waals surface area contributed by atoms with Crippen molar-refractivity contribution in [1.82, 2.24) is 9.55 Å². The Morgan fingerprint density at radius 3 is 2.57 bits per heavy atom. The molecule has 2 aromatic carbocycles. The largest absolute Gasteiger partial charge is 0.488 e. The van der Waals surface area contributed by atoms with Crippen LogP contribution in [0.4, 0.5) is 8.78 Å². The third-order valence-corrected chi connectivity index (χ3v) is 4.00. The Morgan fingerprint density at radius 2 is 1.96 bits per heavy atom. The Hall–Kier alpha value is -3.20. The first kappa shape index (κ1) is 21.1. The van der Waals surface area contributed by atoms with E-state index in [2.05, 4.69) is 4.98 Å². The van der Waals surface area contributed by atoms with Gasteiger partial charge in [0, 0.05) is 24.0 Å². The van der Waals surface area contributed by atoms with Crippen LogP contribution in [0.2, 0.25) is 0 Å². The van der Waals surface area contributed by atoms with Crippen molar-refractivity contribution < 1.29 is 23.8 Å². The van der Waals surface area contributed by atoms with Gasteiger partial charge in [0.05, 0.1) is 6.33 Å². The van der Waals surface area contributed by atoms with Gasteiger partial charge < -0.3 is 14.5 Å². The van der Waals surface area contributed by atoms with E-state index in [9.17, 15) is 8.78 Å². The van der Waals surface area contributed by atoms with E-state index in [0.29, 0.717) is 5.56 Å². The highest BCUT2D eigenvalue weighted by Crippen LogP contribution is 2.39. The summed E-state index contributed by atoms with van der Waals surface area (Å²) in [7, 11) is 0. The minimum absolute atomic E-state index is 0.224. The van der Waals surface area contributed by atoms with E-state index in [1.54, 1.807) is 0 Å². The summed E-state index contributed by atoms with van der Waals surface area (Å²) >= 11 is 6.26. The standard InChI is InChI=1S/C18H15ClF2N2O.HNO3/c19-17(18(21)23-9-8-22-12-23)15-7-6-14(20)10-16(15)24-11-13-4-2-1-3-5-13;2-1(3)4/h1-10,12,17-18H,11H2;(H,2,3,4). The zero-order valence-electron chi connectivity index (χ0n) is 14.4. The molecule has 7 nitrogen and oxygen atoms in total. The Labute approximate surface area is 163 Å². The number of ether oxygens (including phenoxy) is 1. The van der Waals surface area contributed by atoms with Gasteiger partial charge in [-0.2, -0.15) is 0 Å². The molecule has 28 heavy (non-hydrogen) atoms. The molecule has 0 spiro atoms. The maximum atomic E-state index is 14.5. The van der Waals surface area contributed by atoms with Gasteiger partial charge in [-0.3, -0.25) is 0 Å². The first-order valence-corrected chi connectivity index (χ1v) is 8.37. The summed E-state index contributed by atoms with van der Waals surface area (Å²) in [6, 6.07) is 13.3. The molecule has 1 N–H and O–H groups in total. The van der Waals surface area contributed by atoms with Crippen molar-refractivity contribution in [3.05, 3.63) is 94.3 Å². The molecule has 148 valence electrons. The predicted octanol–water partition coefficient (Wildman–Crippen LogP) is 4.70. The van der Waals surface area contributed by atoms with Gasteiger partial charge in [-0.05, 0) is 11.6 Å². The second-order valence-electron chi connectivity index (χ2n) is 5.48. The molecule has 0 radical (unpaired) electrons. The molecular formula is C18H16ClF2N3O4. The zero-order chi connectivity index (χ0) is 20.5. The molecule has 0 saturated heterocycles. The van der Waals surface area contributed by atoms with Gasteiger partial charge in [0.2, 0.25) is 0 Å². The molecule has 1 aromatic heterocycles. The Kier molecular flexibility index (Phi) is 7.70. The maximum absolute atomic E-state index is 14.5. The molecule has 0 saturated carbocycles. The number of nitrogens with zero attached hydrogens (tertiary/aromatic N) is 3. The lowest BCUT2D eigenvalue weighted by atomic mass is 10.1. The van der Waals surface area contributed by atoms with Crippen molar-refractivity contribution in [2.45, 2.75) is 18.3 Å². The minimum Gasteiger partial charge on any atom is -0.488 e. The van der Waals surface area contributed by atoms with Crippen LogP contribution in [-0.4, -0.2) is 19.8 Å². The molecule has 2 atom stereocenters. The van der Waals surface area contributed by atoms with Crippen molar-refractivity contribution in [1.29, 1.82) is 0 Å². The summed E-state index contributed by atoms with van der Waals surface area (Å²) in [4.78, 5) is 12.2. The van der Waals surface area contributed by atoms with Crippen LogP contribution in [0.5, 0.6) is 5.75 Å². The topological polar surface area (TPSA) is 90.4 Å². The van der Waals surface area contributed by atoms with Crippen LogP contribution in [0, 0.1) is 15.9 Å². The van der Waals surface area contributed by atoms with E-state index < -0.39 is 22.6 Å². The van der Waals surface area contributed by atoms with Crippen molar-refractivity contribution in [3.63, 3.8) is 0 Å². The van der Waals surface area contributed by atoms with Crippen molar-refractivity contribution in [2.24, 2.45) is 0 Å². The van der Waals surface area contributed by atoms with Crippen molar-refractivity contribution >= 4 is 11.6 Å². The molecule has 1 heterocycles. The number of hydrogen-bond donors (Lipinski definition) is 1. The summed E-state index contributed by atoms with van der Waals surface area (Å²) in [6.45, 7) is 0.239. The lowest BCUT2D eigenvalue weighted by molar-refractivity contribution is -0.742. The Bertz CT molecular complexity index is 878. The van der Waals surface area contributed by atoms with Crippen LogP contribution in [0.15, 0.2) is 67.3 Å². The van der Waals surface area contributed by atoms with Gasteiger partial charge in [-0.15, -0.1) is 21.7 Å². The third-order valence-electron chi connectivity index (χ3n) is 3.56. The number of alkyl halides is 2. The first-order valence-electron chi connectivity index (χ1n) is 7.93. The minimum atomic E-state index is -1.54. The number of benzene rings is 2. The maximum Gasteiger partial charge on any atom is 0.291 e. The quantitative estimate of drug-likeness (QED) is 0.360. The molecule has 0 amide bonds. The number of hydrogen-bond acceptors (Lipinski definition) is 4. The van der Waals surface area contributed by atoms with Gasteiger partial charge in [0.15, 0.2) is 6.30 Å². The van der Waals surface area contributed by atoms with E-state index in [4.69, 9.17) is 31.7 Å². The Morgan fingerprint density at radius 1 is 1.29 bits per heavy atom. The van der Waals surface area contributed by atoms with Crippen LogP contribution < -0.4 is 4.74 Å². The third kappa shape index (κ3) is 6.20. The zero-order valence-corrected chi connectivity index (χ0v) is 15.1. The fourth-order valence-corrected chi connectivity index (χ4v) is 2.62. The highest BCUT2D eigenvalue weighted by atomic mass is 35.5. The van der Waals surface area contributed by atoms with Gasteiger partial charge in [0.25, 0.3) is 5.09 Å². The summed E-state index contributed by atoms with van der Waals surface area (Å²) in [5, 5.41) is 12.6. The smallest absolute Gasteiger partial charge is 0.291 e. The van der Waals surface area contributed by atoms with E-state index in [0.717, 1.165) is 5.56 Å². The highest BCUT2D eigenvalue weighted by molar-refractivity contribution is 6.21. The number of rotatable bonds is 6. The second kappa shape index (κ2) is 10.2. The van der Waals surface area contributed by atoms with Crippen LogP contribution in [0.3, 0.4) is 0 Å². The van der Waals surface area contributed by atoms with Crippen LogP contribution in [0.25, 0.3) is 0 Å². The summed E-state index contributed by atoms with van der Waals surface area (Å²) in [5.41, 5.74) is 1.31. The lowest BCUT2D eigenvalue weighted by Gasteiger charge is -2.19. The summed E-state index contributed by atoms with van der Waals surface area (Å²) in [6.07, 6.45) is 2.74. The lowest BCUT2D eigenvalue weighted by Crippen LogP contribution is -2.10. The molecule has 0 aliphatic heterocycles. The molecule has 0 fully saturated rings. The molecule has 0 bridgehead atoms. The monoisotopic (exact) mass is 411 g/mol. The normalized spacial score (nSPS) is 12.4. The van der Waals surface area contributed by atoms with Crippen LogP contribution in [0.1, 0.15) is 22.8 Å². The number of imidazole rings is 1. The van der Waals surface area contributed by atoms with E-state index in [-0.39, 0.29) is 12.4 Å². The van der Waals surface area contributed by atoms with Gasteiger partial charge >= 0.3 is 0 Å². The molecule has 10 heteroatoms. The summed E-state index contributed by atoms with van der Waals surface area (Å²) in [5.74, 6) is -0.245. The number of aromatic nitrogens is 2. The summed E-state index contributed by atoms with van der Waals surface area (Å²) < 4.78 is 35.0. The van der Waals surface area contributed by atoms with Crippen molar-refractivity contribution in [3.8, 4) is 5.75 Å². The Balaban J connectivity index is 0.000000640. The molecule has 3 rings (SSSR count). The molecule has 0 aliphatic carbocycles. The predicted molar refractivity (Wildman–Crippen MR) is 96.9 cm³/mol. The van der Waals surface area contributed by atoms with E-state index in [1.807, 2.05) is 30.3 Å². The van der Waals surface area contributed by atoms with Gasteiger partial charge in [0.1, 0.15) is 23.6 Å². The van der Waals surface area contributed by atoms with Gasteiger partial charge in [-0.25, -0.2) is 13.8 Å². The highest BCUT2D eigenvalue weighted by Gasteiger charge is 2.25. The average molecular weight is 412 g/mol. The van der Waals surface area contributed by atoms with Crippen LogP contribution >= 0.6 is 11.6 Å². The fraction of sp³-hybridized carbons (Fsp3) is 0.167. The SMILES string of the molecule is Fc1ccc(C(Cl)C(F)n2ccnc2)c(OCc2ccccc2)c1.O=[N+]([O-])O. The van der Waals surface area contributed by atoms with Crippen molar-refractivity contribution in [2.75, 3.05) is 0 Å². The fourth-order valence-electron chi connectivity index (χ4n) is 2.31. The van der Waals surface area contributed by atoms with E-state index in [1.165, 1.54) is 41.5 Å². The van der Waals surface area contributed by atoms with Crippen LogP contribution in [-0.2, 0) is 6.61 Å².